The molecule has 0 saturated heterocycles. The number of rotatable bonds is 2. The maximum absolute atomic E-state index is 8.53. The van der Waals surface area contributed by atoms with Crippen molar-refractivity contribution < 1.29 is 5.11 Å². The van der Waals surface area contributed by atoms with E-state index in [1.54, 1.807) is 18.5 Å². The third-order valence-electron chi connectivity index (χ3n) is 1.99. The monoisotopic (exact) mass is 186 g/mol. The highest BCUT2D eigenvalue weighted by atomic mass is 16.2. The van der Waals surface area contributed by atoms with Crippen LogP contribution in [-0.2, 0) is 6.42 Å². The van der Waals surface area contributed by atoms with Crippen LogP contribution in [0.2, 0.25) is 0 Å². The molecule has 0 bridgehead atoms. The smallest absolute Gasteiger partial charge is 0.0889 e. The first-order valence-electron chi connectivity index (χ1n) is 4.39. The minimum atomic E-state index is 0.711. The van der Waals surface area contributed by atoms with Gasteiger partial charge in [-0.25, -0.2) is 0 Å². The maximum Gasteiger partial charge on any atom is 0.0889 e. The number of allylic oxidation sites excluding steroid dienone is 1. The average molecular weight is 186 g/mol. The fourth-order valence-electron chi connectivity index (χ4n) is 1.32. The fraction of sp³-hybridized carbons (Fsp3) is 0.0909. The SMILES string of the molecule is O/C=C/Cc1ccc2nccnc2c1. The van der Waals surface area contributed by atoms with Crippen LogP contribution in [0.5, 0.6) is 0 Å². The summed E-state index contributed by atoms with van der Waals surface area (Å²) in [6.45, 7) is 0. The molecule has 70 valence electrons. The van der Waals surface area contributed by atoms with E-state index in [1.165, 1.54) is 0 Å². The molecule has 0 saturated carbocycles. The van der Waals surface area contributed by atoms with Gasteiger partial charge in [-0.1, -0.05) is 6.07 Å². The van der Waals surface area contributed by atoms with E-state index in [1.807, 2.05) is 18.2 Å². The van der Waals surface area contributed by atoms with Crippen molar-refractivity contribution in [1.82, 2.24) is 9.97 Å². The largest absolute Gasteiger partial charge is 0.516 e. The number of benzene rings is 1. The molecule has 0 spiro atoms. The molecule has 1 heterocycles. The van der Waals surface area contributed by atoms with Crippen molar-refractivity contribution in [3.8, 4) is 0 Å². The number of nitrogens with zero attached hydrogens (tertiary/aromatic N) is 2. The van der Waals surface area contributed by atoms with Crippen LogP contribution in [0.1, 0.15) is 5.56 Å². The second-order valence-corrected chi connectivity index (χ2v) is 2.97. The molecule has 0 aliphatic heterocycles. The first kappa shape index (κ1) is 8.69. The molecular weight excluding hydrogens is 176 g/mol. The lowest BCUT2D eigenvalue weighted by atomic mass is 10.1. The van der Waals surface area contributed by atoms with Crippen LogP contribution in [0.25, 0.3) is 11.0 Å². The summed E-state index contributed by atoms with van der Waals surface area (Å²) in [6.07, 6.45) is 6.81. The Bertz CT molecular complexity index is 466. The normalized spacial score (nSPS) is 11.1. The maximum atomic E-state index is 8.53. The molecule has 1 aromatic carbocycles. The molecule has 0 aliphatic carbocycles. The second kappa shape index (κ2) is 3.87. The number of aliphatic hydroxyl groups is 1. The van der Waals surface area contributed by atoms with Crippen molar-refractivity contribution >= 4 is 11.0 Å². The van der Waals surface area contributed by atoms with E-state index in [2.05, 4.69) is 9.97 Å². The Morgan fingerprint density at radius 1 is 1.14 bits per heavy atom. The highest BCUT2D eigenvalue weighted by molar-refractivity contribution is 5.74. The summed E-state index contributed by atoms with van der Waals surface area (Å²) < 4.78 is 0. The first-order valence-corrected chi connectivity index (χ1v) is 4.39. The molecule has 0 radical (unpaired) electrons. The Labute approximate surface area is 81.8 Å². The Hall–Kier alpha value is -1.90. The zero-order valence-electron chi connectivity index (χ0n) is 7.59. The minimum absolute atomic E-state index is 0.711. The second-order valence-electron chi connectivity index (χ2n) is 2.97. The van der Waals surface area contributed by atoms with E-state index in [-0.39, 0.29) is 0 Å². The molecule has 1 N–H and O–H groups in total. The summed E-state index contributed by atoms with van der Waals surface area (Å²) >= 11 is 0. The summed E-state index contributed by atoms with van der Waals surface area (Å²) in [4.78, 5) is 8.37. The molecule has 3 heteroatoms. The van der Waals surface area contributed by atoms with Crippen LogP contribution < -0.4 is 0 Å². The number of aromatic nitrogens is 2. The van der Waals surface area contributed by atoms with Crippen LogP contribution in [-0.4, -0.2) is 15.1 Å². The van der Waals surface area contributed by atoms with Crippen molar-refractivity contribution in [1.29, 1.82) is 0 Å². The summed E-state index contributed by atoms with van der Waals surface area (Å²) in [5.41, 5.74) is 2.89. The quantitative estimate of drug-likeness (QED) is 0.731. The molecular formula is C11H10N2O. The van der Waals surface area contributed by atoms with Gasteiger partial charge < -0.3 is 5.11 Å². The molecule has 1 aromatic heterocycles. The van der Waals surface area contributed by atoms with Gasteiger partial charge in [0.1, 0.15) is 0 Å². The van der Waals surface area contributed by atoms with Crippen molar-refractivity contribution in [3.63, 3.8) is 0 Å². The predicted molar refractivity (Wildman–Crippen MR) is 55.0 cm³/mol. The third kappa shape index (κ3) is 1.71. The van der Waals surface area contributed by atoms with Crippen molar-refractivity contribution in [3.05, 3.63) is 48.5 Å². The zero-order chi connectivity index (χ0) is 9.80. The van der Waals surface area contributed by atoms with Crippen molar-refractivity contribution in [2.24, 2.45) is 0 Å². The van der Waals surface area contributed by atoms with E-state index in [4.69, 9.17) is 5.11 Å². The van der Waals surface area contributed by atoms with Crippen molar-refractivity contribution in [2.75, 3.05) is 0 Å². The number of hydrogen-bond acceptors (Lipinski definition) is 3. The molecule has 0 fully saturated rings. The third-order valence-corrected chi connectivity index (χ3v) is 1.99. The van der Waals surface area contributed by atoms with E-state index in [9.17, 15) is 0 Å². The predicted octanol–water partition coefficient (Wildman–Crippen LogP) is 2.24. The van der Waals surface area contributed by atoms with Gasteiger partial charge in [0.2, 0.25) is 0 Å². The first-order chi connectivity index (χ1) is 6.90. The topological polar surface area (TPSA) is 46.0 Å². The van der Waals surface area contributed by atoms with Crippen LogP contribution >= 0.6 is 0 Å². The number of aliphatic hydroxyl groups excluding tert-OH is 1. The van der Waals surface area contributed by atoms with Gasteiger partial charge in [-0.2, -0.15) is 0 Å². The lowest BCUT2D eigenvalue weighted by Crippen LogP contribution is -1.85. The molecule has 3 nitrogen and oxygen atoms in total. The summed E-state index contributed by atoms with van der Waals surface area (Å²) in [7, 11) is 0. The van der Waals surface area contributed by atoms with Crippen LogP contribution in [0.3, 0.4) is 0 Å². The van der Waals surface area contributed by atoms with Gasteiger partial charge in [-0.05, 0) is 30.2 Å². The van der Waals surface area contributed by atoms with E-state index in [0.717, 1.165) is 22.9 Å². The van der Waals surface area contributed by atoms with Crippen molar-refractivity contribution in [2.45, 2.75) is 6.42 Å². The molecule has 0 amide bonds. The van der Waals surface area contributed by atoms with Gasteiger partial charge >= 0.3 is 0 Å². The molecule has 14 heavy (non-hydrogen) atoms. The Morgan fingerprint density at radius 2 is 1.93 bits per heavy atom. The van der Waals surface area contributed by atoms with Gasteiger partial charge in [-0.15, -0.1) is 0 Å². The van der Waals surface area contributed by atoms with Crippen LogP contribution in [0.4, 0.5) is 0 Å². The minimum Gasteiger partial charge on any atom is -0.516 e. The van der Waals surface area contributed by atoms with Gasteiger partial charge in [-0.3, -0.25) is 9.97 Å². The average Bonchev–Trinajstić information content (AvgIpc) is 2.26. The molecule has 2 aromatic rings. The lowest BCUT2D eigenvalue weighted by Gasteiger charge is -1.98. The van der Waals surface area contributed by atoms with E-state index in [0.29, 0.717) is 6.42 Å². The Kier molecular flexibility index (Phi) is 2.40. The Morgan fingerprint density at radius 3 is 2.71 bits per heavy atom. The van der Waals surface area contributed by atoms with Gasteiger partial charge in [0.15, 0.2) is 0 Å². The zero-order valence-corrected chi connectivity index (χ0v) is 7.59. The van der Waals surface area contributed by atoms with E-state index >= 15 is 0 Å². The standard InChI is InChI=1S/C11H10N2O/c14-7-1-2-9-3-4-10-11(8-9)13-6-5-12-10/h1,3-8,14H,2H2/b7-1+. The fourth-order valence-corrected chi connectivity index (χ4v) is 1.32. The Balaban J connectivity index is 2.41. The van der Waals surface area contributed by atoms with Crippen LogP contribution in [0, 0.1) is 0 Å². The van der Waals surface area contributed by atoms with Gasteiger partial charge in [0.25, 0.3) is 0 Å². The number of hydrogen-bond donors (Lipinski definition) is 1. The molecule has 0 atom stereocenters. The van der Waals surface area contributed by atoms with Crippen LogP contribution in [0.15, 0.2) is 42.9 Å². The summed E-state index contributed by atoms with van der Waals surface area (Å²) in [5, 5.41) is 8.53. The number of fused-ring (bicyclic) bond motifs is 1. The van der Waals surface area contributed by atoms with Gasteiger partial charge in [0.05, 0.1) is 17.3 Å². The highest BCUT2D eigenvalue weighted by Gasteiger charge is 1.95. The molecule has 0 aliphatic rings. The summed E-state index contributed by atoms with van der Waals surface area (Å²) in [5.74, 6) is 0. The van der Waals surface area contributed by atoms with E-state index < -0.39 is 0 Å². The highest BCUT2D eigenvalue weighted by Crippen LogP contribution is 2.11. The lowest BCUT2D eigenvalue weighted by molar-refractivity contribution is 0.471. The van der Waals surface area contributed by atoms with Gasteiger partial charge in [0, 0.05) is 12.4 Å². The molecule has 0 unspecified atom stereocenters. The summed E-state index contributed by atoms with van der Waals surface area (Å²) in [6, 6.07) is 5.89. The molecule has 2 rings (SSSR count).